The van der Waals surface area contributed by atoms with E-state index in [1.54, 1.807) is 0 Å². The first-order chi connectivity index (χ1) is 5.59. The SMILES string of the molecule is Cl.N=C(N)Cc1cc(Br)ccc1Br. The van der Waals surface area contributed by atoms with Crippen LogP contribution < -0.4 is 5.73 Å². The van der Waals surface area contributed by atoms with E-state index in [2.05, 4.69) is 31.9 Å². The maximum Gasteiger partial charge on any atom is 0.0950 e. The molecule has 0 atom stereocenters. The van der Waals surface area contributed by atoms with Gasteiger partial charge < -0.3 is 5.73 Å². The summed E-state index contributed by atoms with van der Waals surface area (Å²) in [5, 5.41) is 7.14. The largest absolute Gasteiger partial charge is 0.387 e. The Morgan fingerprint density at radius 2 is 2.00 bits per heavy atom. The van der Waals surface area contributed by atoms with Gasteiger partial charge in [0.1, 0.15) is 0 Å². The van der Waals surface area contributed by atoms with E-state index in [4.69, 9.17) is 11.1 Å². The lowest BCUT2D eigenvalue weighted by Crippen LogP contribution is -2.12. The summed E-state index contributed by atoms with van der Waals surface area (Å²) in [6, 6.07) is 5.82. The maximum atomic E-state index is 7.14. The number of benzene rings is 1. The third-order valence-corrected chi connectivity index (χ3v) is 2.66. The molecule has 0 aliphatic heterocycles. The predicted octanol–water partition coefficient (Wildman–Crippen LogP) is 3.11. The van der Waals surface area contributed by atoms with Crippen LogP contribution in [0.25, 0.3) is 0 Å². The van der Waals surface area contributed by atoms with Crippen LogP contribution in [0, 0.1) is 5.41 Å². The van der Waals surface area contributed by atoms with Crippen molar-refractivity contribution in [1.29, 1.82) is 5.41 Å². The molecule has 1 aromatic carbocycles. The first-order valence-corrected chi connectivity index (χ1v) is 4.95. The van der Waals surface area contributed by atoms with Gasteiger partial charge in [0.05, 0.1) is 5.84 Å². The molecular formula is C8H9Br2ClN2. The summed E-state index contributed by atoms with van der Waals surface area (Å²) in [7, 11) is 0. The van der Waals surface area contributed by atoms with Crippen LogP contribution in [0.15, 0.2) is 27.1 Å². The molecule has 0 fully saturated rings. The van der Waals surface area contributed by atoms with Gasteiger partial charge in [0.25, 0.3) is 0 Å². The zero-order chi connectivity index (χ0) is 9.14. The molecule has 0 aliphatic carbocycles. The van der Waals surface area contributed by atoms with Crippen molar-refractivity contribution >= 4 is 50.1 Å². The highest BCUT2D eigenvalue weighted by molar-refractivity contribution is 9.11. The molecule has 72 valence electrons. The lowest BCUT2D eigenvalue weighted by Gasteiger charge is -2.02. The Labute approximate surface area is 100 Å². The molecule has 0 unspecified atom stereocenters. The minimum atomic E-state index is 0. The van der Waals surface area contributed by atoms with E-state index in [0.29, 0.717) is 6.42 Å². The Hall–Kier alpha value is -0.0600. The zero-order valence-electron chi connectivity index (χ0n) is 6.68. The molecular weight excluding hydrogens is 319 g/mol. The molecule has 5 heteroatoms. The molecule has 0 heterocycles. The number of amidine groups is 1. The Balaban J connectivity index is 0.00000144. The number of nitrogens with two attached hydrogens (primary N) is 1. The van der Waals surface area contributed by atoms with Gasteiger partial charge in [0.15, 0.2) is 0 Å². The highest BCUT2D eigenvalue weighted by atomic mass is 79.9. The average molecular weight is 328 g/mol. The summed E-state index contributed by atoms with van der Waals surface area (Å²) in [6.45, 7) is 0. The number of hydrogen-bond donors (Lipinski definition) is 2. The normalized spacial score (nSPS) is 9.08. The Morgan fingerprint density at radius 1 is 1.38 bits per heavy atom. The van der Waals surface area contributed by atoms with Gasteiger partial charge in [0, 0.05) is 15.4 Å². The molecule has 0 bridgehead atoms. The van der Waals surface area contributed by atoms with E-state index < -0.39 is 0 Å². The van der Waals surface area contributed by atoms with Gasteiger partial charge in [-0.1, -0.05) is 31.9 Å². The topological polar surface area (TPSA) is 49.9 Å². The Bertz CT molecular complexity index is 315. The van der Waals surface area contributed by atoms with Gasteiger partial charge in [-0.2, -0.15) is 0 Å². The van der Waals surface area contributed by atoms with E-state index >= 15 is 0 Å². The van der Waals surface area contributed by atoms with Crippen LogP contribution in [0.3, 0.4) is 0 Å². The molecule has 1 aromatic rings. The van der Waals surface area contributed by atoms with Crippen molar-refractivity contribution in [2.24, 2.45) is 5.73 Å². The van der Waals surface area contributed by atoms with E-state index in [1.165, 1.54) is 0 Å². The van der Waals surface area contributed by atoms with Gasteiger partial charge in [-0.15, -0.1) is 12.4 Å². The van der Waals surface area contributed by atoms with Crippen molar-refractivity contribution in [3.8, 4) is 0 Å². The monoisotopic (exact) mass is 326 g/mol. The fourth-order valence-corrected chi connectivity index (χ4v) is 1.68. The van der Waals surface area contributed by atoms with Gasteiger partial charge in [-0.05, 0) is 23.8 Å². The highest BCUT2D eigenvalue weighted by Gasteiger charge is 2.01. The van der Waals surface area contributed by atoms with Crippen LogP contribution in [0.4, 0.5) is 0 Å². The number of hydrogen-bond acceptors (Lipinski definition) is 1. The summed E-state index contributed by atoms with van der Waals surface area (Å²) >= 11 is 6.74. The summed E-state index contributed by atoms with van der Waals surface area (Å²) in [5.74, 6) is 0.175. The quantitative estimate of drug-likeness (QED) is 0.636. The van der Waals surface area contributed by atoms with E-state index in [0.717, 1.165) is 14.5 Å². The summed E-state index contributed by atoms with van der Waals surface area (Å²) in [4.78, 5) is 0. The smallest absolute Gasteiger partial charge is 0.0950 e. The molecule has 0 aliphatic rings. The number of halogens is 3. The van der Waals surface area contributed by atoms with Crippen LogP contribution in [-0.4, -0.2) is 5.84 Å². The minimum absolute atomic E-state index is 0. The predicted molar refractivity (Wildman–Crippen MR) is 64.7 cm³/mol. The second-order valence-corrected chi connectivity index (χ2v) is 4.21. The lowest BCUT2D eigenvalue weighted by atomic mass is 10.1. The average Bonchev–Trinajstić information content (AvgIpc) is 1.96. The van der Waals surface area contributed by atoms with Crippen molar-refractivity contribution in [2.45, 2.75) is 6.42 Å². The minimum Gasteiger partial charge on any atom is -0.387 e. The molecule has 0 amide bonds. The standard InChI is InChI=1S/C8H8Br2N2.ClH/c9-6-1-2-7(10)5(3-6)4-8(11)12;/h1-3H,4H2,(H3,11,12);1H. The first kappa shape index (κ1) is 12.9. The Morgan fingerprint density at radius 3 is 2.54 bits per heavy atom. The summed E-state index contributed by atoms with van der Waals surface area (Å²) in [6.07, 6.45) is 0.486. The van der Waals surface area contributed by atoms with Crippen molar-refractivity contribution in [3.63, 3.8) is 0 Å². The van der Waals surface area contributed by atoms with Gasteiger partial charge in [0.2, 0.25) is 0 Å². The molecule has 0 radical (unpaired) electrons. The van der Waals surface area contributed by atoms with Crippen LogP contribution in [-0.2, 0) is 6.42 Å². The second kappa shape index (κ2) is 5.62. The Kier molecular flexibility index (Phi) is 5.60. The van der Waals surface area contributed by atoms with Crippen LogP contribution in [0.1, 0.15) is 5.56 Å². The van der Waals surface area contributed by atoms with E-state index in [9.17, 15) is 0 Å². The van der Waals surface area contributed by atoms with Crippen molar-refractivity contribution < 1.29 is 0 Å². The van der Waals surface area contributed by atoms with Gasteiger partial charge in [-0.3, -0.25) is 5.41 Å². The molecule has 0 aromatic heterocycles. The highest BCUT2D eigenvalue weighted by Crippen LogP contribution is 2.21. The molecule has 0 saturated carbocycles. The van der Waals surface area contributed by atoms with Crippen molar-refractivity contribution in [3.05, 3.63) is 32.7 Å². The van der Waals surface area contributed by atoms with Crippen LogP contribution >= 0.6 is 44.3 Å². The number of nitrogens with one attached hydrogen (secondary N) is 1. The van der Waals surface area contributed by atoms with Crippen molar-refractivity contribution in [2.75, 3.05) is 0 Å². The first-order valence-electron chi connectivity index (χ1n) is 3.36. The molecule has 0 spiro atoms. The van der Waals surface area contributed by atoms with E-state index in [1.807, 2.05) is 18.2 Å². The third-order valence-electron chi connectivity index (χ3n) is 1.39. The zero-order valence-corrected chi connectivity index (χ0v) is 10.7. The van der Waals surface area contributed by atoms with Crippen molar-refractivity contribution in [1.82, 2.24) is 0 Å². The van der Waals surface area contributed by atoms with Gasteiger partial charge in [-0.25, -0.2) is 0 Å². The molecule has 0 saturated heterocycles. The molecule has 1 rings (SSSR count). The fraction of sp³-hybridized carbons (Fsp3) is 0.125. The van der Waals surface area contributed by atoms with Crippen LogP contribution in [0.2, 0.25) is 0 Å². The summed E-state index contributed by atoms with van der Waals surface area (Å²) < 4.78 is 1.99. The fourth-order valence-electron chi connectivity index (χ4n) is 0.884. The molecule has 2 nitrogen and oxygen atoms in total. The summed E-state index contributed by atoms with van der Waals surface area (Å²) in [5.41, 5.74) is 6.32. The molecule has 3 N–H and O–H groups in total. The van der Waals surface area contributed by atoms with Gasteiger partial charge >= 0.3 is 0 Å². The molecule has 13 heavy (non-hydrogen) atoms. The second-order valence-electron chi connectivity index (χ2n) is 2.44. The van der Waals surface area contributed by atoms with Crippen LogP contribution in [0.5, 0.6) is 0 Å². The van der Waals surface area contributed by atoms with E-state index in [-0.39, 0.29) is 18.2 Å². The number of rotatable bonds is 2. The third kappa shape index (κ3) is 4.11. The maximum absolute atomic E-state index is 7.14. The lowest BCUT2D eigenvalue weighted by molar-refractivity contribution is 1.23.